The van der Waals surface area contributed by atoms with Crippen LogP contribution >= 0.6 is 0 Å². The summed E-state index contributed by atoms with van der Waals surface area (Å²) in [6, 6.07) is 9.51. The van der Waals surface area contributed by atoms with Crippen molar-refractivity contribution in [1.29, 1.82) is 0 Å². The van der Waals surface area contributed by atoms with E-state index in [9.17, 15) is 28.8 Å². The van der Waals surface area contributed by atoms with Crippen LogP contribution in [0.15, 0.2) is 60.2 Å². The number of benzene rings is 2. The van der Waals surface area contributed by atoms with Crippen molar-refractivity contribution in [2.24, 2.45) is 56.7 Å². The fourth-order valence-corrected chi connectivity index (χ4v) is 14.0. The van der Waals surface area contributed by atoms with Gasteiger partial charge in [-0.2, -0.15) is 0 Å². The van der Waals surface area contributed by atoms with Gasteiger partial charge in [-0.15, -0.1) is 0 Å². The van der Waals surface area contributed by atoms with Crippen LogP contribution in [-0.4, -0.2) is 48.5 Å². The largest absolute Gasteiger partial charge is 0.462 e. The minimum Gasteiger partial charge on any atom is -0.462 e. The highest BCUT2D eigenvalue weighted by Crippen LogP contribution is 2.76. The van der Waals surface area contributed by atoms with Gasteiger partial charge in [-0.05, 0) is 151 Å². The van der Waals surface area contributed by atoms with E-state index in [2.05, 4.69) is 54.5 Å². The van der Waals surface area contributed by atoms with Crippen LogP contribution in [0, 0.1) is 56.7 Å². The van der Waals surface area contributed by atoms with Crippen LogP contribution in [0.2, 0.25) is 0 Å². The van der Waals surface area contributed by atoms with Crippen LogP contribution in [0.4, 0.5) is 0 Å². The Morgan fingerprint density at radius 1 is 0.618 bits per heavy atom. The van der Waals surface area contributed by atoms with Crippen molar-refractivity contribution in [3.8, 4) is 23.0 Å². The molecule has 10 unspecified atom stereocenters. The molecule has 0 amide bonds. The van der Waals surface area contributed by atoms with E-state index in [1.54, 1.807) is 42.0 Å². The van der Waals surface area contributed by atoms with E-state index in [0.29, 0.717) is 41.4 Å². The number of allylic oxidation sites excluding steroid dienone is 2. The van der Waals surface area contributed by atoms with Crippen molar-refractivity contribution < 1.29 is 57.2 Å². The molecule has 12 heteroatoms. The molecular formula is C56H70O12. The van der Waals surface area contributed by atoms with E-state index in [4.69, 9.17) is 28.4 Å². The highest BCUT2D eigenvalue weighted by Gasteiger charge is 2.69. The molecule has 2 aromatic carbocycles. The van der Waals surface area contributed by atoms with E-state index in [1.165, 1.54) is 52.0 Å². The molecule has 4 fully saturated rings. The molecule has 0 bridgehead atoms. The first-order valence-corrected chi connectivity index (χ1v) is 24.4. The van der Waals surface area contributed by atoms with Crippen molar-refractivity contribution in [3.63, 3.8) is 0 Å². The predicted molar refractivity (Wildman–Crippen MR) is 256 cm³/mol. The molecule has 5 aliphatic carbocycles. The molecule has 0 aromatic heterocycles. The lowest BCUT2D eigenvalue weighted by molar-refractivity contribution is -0.213. The number of hydrogen-bond acceptors (Lipinski definition) is 12. The zero-order chi connectivity index (χ0) is 49.6. The lowest BCUT2D eigenvalue weighted by Crippen LogP contribution is -2.65. The van der Waals surface area contributed by atoms with Gasteiger partial charge in [-0.3, -0.25) is 19.2 Å². The number of carbonyl (C=O) groups excluding carboxylic acids is 6. The minimum absolute atomic E-state index is 0.0265. The van der Waals surface area contributed by atoms with Crippen LogP contribution in [0.25, 0.3) is 12.2 Å². The standard InChI is InChI=1S/C56H70O12/c1-33-22-27-56(32-63-49(61)20-14-39-12-17-42(64-35(3)57)44(30-39)66-37(5)59)29-28-54(10)41(51(56)34(33)2)16-19-47-53(9)25-24-48(52(7,8)46(53)23-26-55(47,54)11)68-50(62)21-15-40-13-18-43(65-36(4)58)45(31-40)67-38(6)60/h12-18,20-21,30-31,33-34,46-48,51H,19,22-29,32H2,1-11H3. The Kier molecular flexibility index (Phi) is 14.2. The molecule has 5 aliphatic rings. The number of hydrogen-bond donors (Lipinski definition) is 0. The molecule has 0 N–H and O–H groups in total. The zero-order valence-corrected chi connectivity index (χ0v) is 41.8. The number of rotatable bonds is 11. The third-order valence-corrected chi connectivity index (χ3v) is 17.6. The normalized spacial score (nSPS) is 32.5. The molecule has 0 spiro atoms. The first kappa shape index (κ1) is 50.4. The SMILES string of the molecule is CC(=O)Oc1ccc(C=CC(=O)OCC23CCC(C)C(C)C2C2=CCC4C5(C)CCC(OC(=O)C=Cc6ccc(OC(C)=O)c(OC(C)=O)c6)C(C)(C)C5CCC4(C)C2(C)CC3)cc1OC(C)=O. The van der Waals surface area contributed by atoms with Crippen LogP contribution in [-0.2, 0) is 38.2 Å². The van der Waals surface area contributed by atoms with Crippen LogP contribution < -0.4 is 18.9 Å². The maximum absolute atomic E-state index is 13.5. The summed E-state index contributed by atoms with van der Waals surface area (Å²) in [5, 5.41) is 0. The summed E-state index contributed by atoms with van der Waals surface area (Å²) in [7, 11) is 0. The van der Waals surface area contributed by atoms with E-state index >= 15 is 0 Å². The van der Waals surface area contributed by atoms with Gasteiger partial charge in [-0.25, -0.2) is 9.59 Å². The summed E-state index contributed by atoms with van der Waals surface area (Å²) < 4.78 is 33.4. The van der Waals surface area contributed by atoms with E-state index in [0.717, 1.165) is 57.8 Å². The molecule has 0 heterocycles. The average Bonchev–Trinajstić information content (AvgIpc) is 3.25. The number of carbonyl (C=O) groups is 6. The molecule has 2 aromatic rings. The second kappa shape index (κ2) is 19.1. The van der Waals surface area contributed by atoms with Crippen LogP contribution in [0.5, 0.6) is 23.0 Å². The van der Waals surface area contributed by atoms with Gasteiger partial charge in [0.1, 0.15) is 6.10 Å². The molecule has 10 atom stereocenters. The Bertz CT molecular complexity index is 2440. The summed E-state index contributed by atoms with van der Waals surface area (Å²) in [6.07, 6.45) is 17.3. The quantitative estimate of drug-likeness (QED) is 0.0910. The van der Waals surface area contributed by atoms with Gasteiger partial charge >= 0.3 is 35.8 Å². The zero-order valence-electron chi connectivity index (χ0n) is 41.8. The van der Waals surface area contributed by atoms with E-state index < -0.39 is 35.8 Å². The van der Waals surface area contributed by atoms with E-state index in [-0.39, 0.29) is 62.1 Å². The summed E-state index contributed by atoms with van der Waals surface area (Å²) in [6.45, 7) is 22.4. The second-order valence-corrected chi connectivity index (χ2v) is 21.9. The van der Waals surface area contributed by atoms with E-state index in [1.807, 2.05) is 0 Å². The highest BCUT2D eigenvalue weighted by molar-refractivity contribution is 5.88. The molecule has 4 saturated carbocycles. The Morgan fingerprint density at radius 3 is 1.72 bits per heavy atom. The molecular weight excluding hydrogens is 865 g/mol. The lowest BCUT2D eigenvalue weighted by atomic mass is 9.33. The molecule has 12 nitrogen and oxygen atoms in total. The van der Waals surface area contributed by atoms with Gasteiger partial charge in [0.05, 0.1) is 6.61 Å². The first-order valence-electron chi connectivity index (χ1n) is 24.4. The van der Waals surface area contributed by atoms with Crippen LogP contribution in [0.1, 0.15) is 145 Å². The van der Waals surface area contributed by atoms with Gasteiger partial charge in [0.25, 0.3) is 0 Å². The fourth-order valence-electron chi connectivity index (χ4n) is 14.0. The van der Waals surface area contributed by atoms with Gasteiger partial charge in [0, 0.05) is 50.7 Å². The van der Waals surface area contributed by atoms with Crippen molar-refractivity contribution >= 4 is 48.0 Å². The van der Waals surface area contributed by atoms with Gasteiger partial charge < -0.3 is 28.4 Å². The highest BCUT2D eigenvalue weighted by atomic mass is 16.6. The van der Waals surface area contributed by atoms with Gasteiger partial charge in [0.15, 0.2) is 23.0 Å². The maximum atomic E-state index is 13.5. The Hall–Kier alpha value is -5.52. The Balaban J connectivity index is 1.06. The van der Waals surface area contributed by atoms with Crippen LogP contribution in [0.3, 0.4) is 0 Å². The van der Waals surface area contributed by atoms with Gasteiger partial charge in [0.2, 0.25) is 0 Å². The summed E-state index contributed by atoms with van der Waals surface area (Å²) in [4.78, 5) is 73.6. The second-order valence-electron chi connectivity index (χ2n) is 21.9. The monoisotopic (exact) mass is 934 g/mol. The molecule has 0 radical (unpaired) electrons. The third kappa shape index (κ3) is 9.58. The molecule has 0 saturated heterocycles. The molecule has 68 heavy (non-hydrogen) atoms. The Labute approximate surface area is 401 Å². The summed E-state index contributed by atoms with van der Waals surface area (Å²) in [5.41, 5.74) is 2.33. The van der Waals surface area contributed by atoms with Crippen molar-refractivity contribution in [2.75, 3.05) is 6.61 Å². The summed E-state index contributed by atoms with van der Waals surface area (Å²) in [5.74, 6) is -0.668. The summed E-state index contributed by atoms with van der Waals surface area (Å²) >= 11 is 0. The predicted octanol–water partition coefficient (Wildman–Crippen LogP) is 11.2. The number of fused-ring (bicyclic) bond motifs is 7. The topological polar surface area (TPSA) is 158 Å². The molecule has 7 rings (SSSR count). The lowest BCUT2D eigenvalue weighted by Gasteiger charge is -2.71. The molecule has 366 valence electrons. The number of esters is 6. The Morgan fingerprint density at radius 2 is 1.16 bits per heavy atom. The van der Waals surface area contributed by atoms with Gasteiger partial charge in [-0.1, -0.05) is 72.2 Å². The first-order chi connectivity index (χ1) is 31.9. The fraction of sp³-hybridized carbons (Fsp3) is 0.571. The smallest absolute Gasteiger partial charge is 0.331 e. The molecule has 0 aliphatic heterocycles. The minimum atomic E-state index is -0.562. The van der Waals surface area contributed by atoms with Crippen molar-refractivity contribution in [3.05, 3.63) is 71.3 Å². The van der Waals surface area contributed by atoms with Crippen molar-refractivity contribution in [2.45, 2.75) is 140 Å². The number of ether oxygens (including phenoxy) is 6. The maximum Gasteiger partial charge on any atom is 0.331 e. The third-order valence-electron chi connectivity index (χ3n) is 17.6. The average molecular weight is 935 g/mol. The van der Waals surface area contributed by atoms with Crippen molar-refractivity contribution in [1.82, 2.24) is 0 Å².